The highest BCUT2D eigenvalue weighted by molar-refractivity contribution is 7.12. The summed E-state index contributed by atoms with van der Waals surface area (Å²) in [7, 11) is 1.33. The Kier molecular flexibility index (Phi) is 4.51. The summed E-state index contributed by atoms with van der Waals surface area (Å²) in [5.41, 5.74) is 0.349. The number of aliphatic imine (C=N–C) groups is 1. The number of ether oxygens (including phenoxy) is 1. The SMILES string of the molecule is COC(=O)N1C=CC(C(C)(O)c2nc3c(s2)C(C)(C)CCC3(C)C)=NC1. The lowest BCUT2D eigenvalue weighted by atomic mass is 9.69. The molecule has 1 atom stereocenters. The van der Waals surface area contributed by atoms with Gasteiger partial charge >= 0.3 is 6.09 Å². The van der Waals surface area contributed by atoms with E-state index in [2.05, 4.69) is 37.4 Å². The van der Waals surface area contributed by atoms with E-state index < -0.39 is 11.7 Å². The zero-order valence-electron chi connectivity index (χ0n) is 16.3. The van der Waals surface area contributed by atoms with Crippen LogP contribution in [-0.2, 0) is 21.2 Å². The molecule has 142 valence electrons. The third kappa shape index (κ3) is 3.07. The average Bonchev–Trinajstić information content (AvgIpc) is 3.07. The van der Waals surface area contributed by atoms with Crippen molar-refractivity contribution in [1.82, 2.24) is 9.88 Å². The molecular formula is C19H27N3O3S. The molecule has 3 rings (SSSR count). The lowest BCUT2D eigenvalue weighted by molar-refractivity contribution is 0.127. The Morgan fingerprint density at radius 1 is 1.31 bits per heavy atom. The molecule has 1 amide bonds. The summed E-state index contributed by atoms with van der Waals surface area (Å²) in [6, 6.07) is 0. The maximum atomic E-state index is 11.6. The molecule has 1 aromatic rings. The second-order valence-corrected chi connectivity index (χ2v) is 9.48. The van der Waals surface area contributed by atoms with Gasteiger partial charge in [-0.3, -0.25) is 9.89 Å². The normalized spacial score (nSPS) is 23.0. The highest BCUT2D eigenvalue weighted by Crippen LogP contribution is 2.49. The number of aromatic nitrogens is 1. The largest absolute Gasteiger partial charge is 0.452 e. The van der Waals surface area contributed by atoms with Crippen LogP contribution in [0.5, 0.6) is 0 Å². The van der Waals surface area contributed by atoms with Gasteiger partial charge in [0.2, 0.25) is 0 Å². The lowest BCUT2D eigenvalue weighted by Crippen LogP contribution is -2.36. The van der Waals surface area contributed by atoms with Crippen molar-refractivity contribution in [2.45, 2.75) is 63.9 Å². The van der Waals surface area contributed by atoms with E-state index in [1.807, 2.05) is 0 Å². The van der Waals surface area contributed by atoms with Crippen LogP contribution in [-0.4, -0.2) is 40.6 Å². The van der Waals surface area contributed by atoms with E-state index >= 15 is 0 Å². The molecule has 1 N–H and O–H groups in total. The van der Waals surface area contributed by atoms with E-state index in [-0.39, 0.29) is 17.5 Å². The standard InChI is InChI=1S/C19H27N3O3S/c1-17(2)8-9-18(3,4)14-13(17)21-15(26-14)19(5,24)12-7-10-22(11-20-12)16(23)25-6/h7,10,24H,8-9,11H2,1-6H3. The fourth-order valence-corrected chi connectivity index (χ4v) is 4.81. The minimum absolute atomic E-state index is 0.00157. The van der Waals surface area contributed by atoms with Crippen molar-refractivity contribution in [3.63, 3.8) is 0 Å². The molecule has 0 aromatic carbocycles. The summed E-state index contributed by atoms with van der Waals surface area (Å²) in [4.78, 5) is 23.4. The minimum Gasteiger partial charge on any atom is -0.452 e. The Balaban J connectivity index is 1.95. The number of hydrogen-bond donors (Lipinski definition) is 1. The Hall–Kier alpha value is -1.73. The van der Waals surface area contributed by atoms with Gasteiger partial charge in [-0.05, 0) is 25.8 Å². The van der Waals surface area contributed by atoms with Crippen LogP contribution >= 0.6 is 11.3 Å². The molecule has 0 fully saturated rings. The molecule has 1 aromatic heterocycles. The number of rotatable bonds is 2. The van der Waals surface area contributed by atoms with Crippen LogP contribution in [0.3, 0.4) is 0 Å². The van der Waals surface area contributed by atoms with Crippen LogP contribution in [0, 0.1) is 0 Å². The molecule has 0 bridgehead atoms. The average molecular weight is 378 g/mol. The number of thiazole rings is 1. The molecule has 1 unspecified atom stereocenters. The van der Waals surface area contributed by atoms with E-state index in [4.69, 9.17) is 4.98 Å². The fourth-order valence-electron chi connectivity index (χ4n) is 3.38. The number of carbonyl (C=O) groups is 1. The smallest absolute Gasteiger partial charge is 0.415 e. The lowest BCUT2D eigenvalue weighted by Gasteiger charge is -2.37. The molecule has 0 spiro atoms. The molecule has 7 heteroatoms. The van der Waals surface area contributed by atoms with Crippen LogP contribution < -0.4 is 0 Å². The van der Waals surface area contributed by atoms with Crippen molar-refractivity contribution in [2.24, 2.45) is 4.99 Å². The van der Waals surface area contributed by atoms with Gasteiger partial charge in [0.1, 0.15) is 11.7 Å². The van der Waals surface area contributed by atoms with Crippen LogP contribution in [0.2, 0.25) is 0 Å². The van der Waals surface area contributed by atoms with Crippen LogP contribution in [0.25, 0.3) is 0 Å². The van der Waals surface area contributed by atoms with Gasteiger partial charge in [-0.1, -0.05) is 27.7 Å². The molecule has 2 heterocycles. The van der Waals surface area contributed by atoms with Gasteiger partial charge in [0.25, 0.3) is 0 Å². The van der Waals surface area contributed by atoms with E-state index in [1.165, 1.54) is 16.9 Å². The van der Waals surface area contributed by atoms with Crippen LogP contribution in [0.1, 0.15) is 63.0 Å². The quantitative estimate of drug-likeness (QED) is 0.853. The van der Waals surface area contributed by atoms with Gasteiger partial charge in [0.05, 0.1) is 18.5 Å². The molecule has 2 aliphatic rings. The van der Waals surface area contributed by atoms with E-state index in [9.17, 15) is 9.90 Å². The van der Waals surface area contributed by atoms with Crippen molar-refractivity contribution >= 4 is 23.1 Å². The highest BCUT2D eigenvalue weighted by Gasteiger charge is 2.43. The monoisotopic (exact) mass is 377 g/mol. The first-order valence-corrected chi connectivity index (χ1v) is 9.63. The first-order valence-electron chi connectivity index (χ1n) is 8.81. The minimum atomic E-state index is -1.30. The number of methoxy groups -OCH3 is 1. The molecule has 1 aliphatic carbocycles. The zero-order valence-corrected chi connectivity index (χ0v) is 17.1. The molecular weight excluding hydrogens is 350 g/mol. The Morgan fingerprint density at radius 2 is 1.96 bits per heavy atom. The van der Waals surface area contributed by atoms with Gasteiger partial charge in [-0.15, -0.1) is 11.3 Å². The van der Waals surface area contributed by atoms with Crippen molar-refractivity contribution in [3.05, 3.63) is 27.9 Å². The molecule has 6 nitrogen and oxygen atoms in total. The van der Waals surface area contributed by atoms with Gasteiger partial charge in [-0.2, -0.15) is 0 Å². The summed E-state index contributed by atoms with van der Waals surface area (Å²) < 4.78 is 4.69. The first kappa shape index (κ1) is 19.0. The number of fused-ring (bicyclic) bond motifs is 1. The topological polar surface area (TPSA) is 75.0 Å². The molecule has 1 aliphatic heterocycles. The van der Waals surface area contributed by atoms with Crippen molar-refractivity contribution in [1.29, 1.82) is 0 Å². The first-order chi connectivity index (χ1) is 12.0. The van der Waals surface area contributed by atoms with E-state index in [0.29, 0.717) is 10.7 Å². The third-order valence-electron chi connectivity index (χ3n) is 5.39. The number of hydrogen-bond acceptors (Lipinski definition) is 6. The molecule has 0 saturated carbocycles. The second-order valence-electron chi connectivity index (χ2n) is 8.48. The van der Waals surface area contributed by atoms with Gasteiger partial charge in [0, 0.05) is 21.9 Å². The zero-order chi connectivity index (χ0) is 19.3. The summed E-state index contributed by atoms with van der Waals surface area (Å²) in [5, 5.41) is 11.9. The van der Waals surface area contributed by atoms with Crippen molar-refractivity contribution in [3.8, 4) is 0 Å². The predicted octanol–water partition coefficient (Wildman–Crippen LogP) is 3.69. The number of carbonyl (C=O) groups excluding carboxylic acids is 1. The summed E-state index contributed by atoms with van der Waals surface area (Å²) in [5.74, 6) is 0. The van der Waals surface area contributed by atoms with Gasteiger partial charge in [-0.25, -0.2) is 9.78 Å². The summed E-state index contributed by atoms with van der Waals surface area (Å²) in [6.45, 7) is 10.7. The summed E-state index contributed by atoms with van der Waals surface area (Å²) >= 11 is 1.58. The number of amides is 1. The van der Waals surface area contributed by atoms with Gasteiger partial charge in [0.15, 0.2) is 5.60 Å². The number of nitrogens with zero attached hydrogens (tertiary/aromatic N) is 3. The number of aliphatic hydroxyl groups is 1. The molecule has 26 heavy (non-hydrogen) atoms. The Bertz CT molecular complexity index is 756. The van der Waals surface area contributed by atoms with E-state index in [0.717, 1.165) is 18.5 Å². The maximum Gasteiger partial charge on any atom is 0.415 e. The van der Waals surface area contributed by atoms with Crippen molar-refractivity contribution < 1.29 is 14.6 Å². The Morgan fingerprint density at radius 3 is 2.50 bits per heavy atom. The van der Waals surface area contributed by atoms with Gasteiger partial charge < -0.3 is 9.84 Å². The van der Waals surface area contributed by atoms with Crippen LogP contribution in [0.4, 0.5) is 4.79 Å². The maximum absolute atomic E-state index is 11.6. The summed E-state index contributed by atoms with van der Waals surface area (Å²) in [6.07, 6.45) is 4.94. The predicted molar refractivity (Wildman–Crippen MR) is 103 cm³/mol. The molecule has 0 saturated heterocycles. The van der Waals surface area contributed by atoms with Crippen LogP contribution in [0.15, 0.2) is 17.3 Å². The fraction of sp³-hybridized carbons (Fsp3) is 0.632. The molecule has 0 radical (unpaired) electrons. The third-order valence-corrected chi connectivity index (χ3v) is 7.02. The Labute approximate surface area is 158 Å². The highest BCUT2D eigenvalue weighted by atomic mass is 32.1. The van der Waals surface area contributed by atoms with Crippen molar-refractivity contribution in [2.75, 3.05) is 13.8 Å². The second kappa shape index (κ2) is 6.16. The van der Waals surface area contributed by atoms with E-state index in [1.54, 1.807) is 30.5 Å².